The number of ether oxygens (including phenoxy) is 1. The Kier molecular flexibility index (Phi) is 17.0. The topological polar surface area (TPSA) is 71.0 Å². The lowest BCUT2D eigenvalue weighted by Crippen LogP contribution is -2.50. The molecule has 0 aromatic carbocycles. The fraction of sp³-hybridized carbons (Fsp3) is 1.00. The van der Waals surface area contributed by atoms with Crippen molar-refractivity contribution in [3.05, 3.63) is 5.21 Å². The zero-order chi connectivity index (χ0) is 18.8. The molecule has 0 radical (unpaired) electrons. The first kappa shape index (κ1) is 24.8. The van der Waals surface area contributed by atoms with E-state index in [9.17, 15) is 10.3 Å². The fourth-order valence-electron chi connectivity index (χ4n) is 2.71. The Labute approximate surface area is 154 Å². The molecular formula is C19H41NO5. The van der Waals surface area contributed by atoms with Gasteiger partial charge in [-0.25, -0.2) is 0 Å². The van der Waals surface area contributed by atoms with E-state index in [4.69, 9.17) is 14.4 Å². The summed E-state index contributed by atoms with van der Waals surface area (Å²) in [5, 5.41) is 22.1. The molecule has 0 aliphatic carbocycles. The molecule has 6 nitrogen and oxygen atoms in total. The summed E-state index contributed by atoms with van der Waals surface area (Å²) in [4.78, 5) is 8.42. The van der Waals surface area contributed by atoms with Crippen molar-refractivity contribution in [2.75, 3.05) is 26.4 Å². The third kappa shape index (κ3) is 13.6. The summed E-state index contributed by atoms with van der Waals surface area (Å²) in [5.74, 6) is 0. The van der Waals surface area contributed by atoms with Crippen molar-refractivity contribution in [3.8, 4) is 0 Å². The molecule has 6 heteroatoms. The van der Waals surface area contributed by atoms with Crippen LogP contribution in [-0.4, -0.2) is 42.7 Å². The van der Waals surface area contributed by atoms with E-state index in [0.29, 0.717) is 13.2 Å². The predicted octanol–water partition coefficient (Wildman–Crippen LogP) is 4.85. The van der Waals surface area contributed by atoms with Gasteiger partial charge in [-0.1, -0.05) is 64.7 Å². The van der Waals surface area contributed by atoms with Gasteiger partial charge in [0, 0.05) is 6.61 Å². The molecule has 1 N–H and O–H groups in total. The van der Waals surface area contributed by atoms with Gasteiger partial charge in [-0.3, -0.25) is 0 Å². The lowest BCUT2D eigenvalue weighted by molar-refractivity contribution is -1.24. The van der Waals surface area contributed by atoms with Crippen LogP contribution in [0, 0.1) is 5.21 Å². The van der Waals surface area contributed by atoms with Gasteiger partial charge in [0.05, 0.1) is 13.0 Å². The monoisotopic (exact) mass is 363 g/mol. The van der Waals surface area contributed by atoms with Gasteiger partial charge in [0.15, 0.2) is 0 Å². The minimum Gasteiger partial charge on any atom is -0.562 e. The van der Waals surface area contributed by atoms with Crippen molar-refractivity contribution in [1.29, 1.82) is 0 Å². The summed E-state index contributed by atoms with van der Waals surface area (Å²) in [6, 6.07) is 0. The van der Waals surface area contributed by atoms with Gasteiger partial charge in [0.25, 0.3) is 6.23 Å². The van der Waals surface area contributed by atoms with Crippen LogP contribution >= 0.6 is 0 Å². The smallest absolute Gasteiger partial charge is 0.255 e. The zero-order valence-corrected chi connectivity index (χ0v) is 16.7. The van der Waals surface area contributed by atoms with Gasteiger partial charge >= 0.3 is 0 Å². The van der Waals surface area contributed by atoms with Crippen molar-refractivity contribution in [1.82, 2.24) is 0 Å². The van der Waals surface area contributed by atoms with Crippen LogP contribution in [0.4, 0.5) is 0 Å². The first-order chi connectivity index (χ1) is 12.1. The quantitative estimate of drug-likeness (QED) is 0.154. The highest BCUT2D eigenvalue weighted by molar-refractivity contribution is 4.48. The average molecular weight is 364 g/mol. The molecule has 1 atom stereocenters. The lowest BCUT2D eigenvalue weighted by atomic mass is 10.1. The Morgan fingerprint density at radius 1 is 0.760 bits per heavy atom. The molecule has 0 aromatic heterocycles. The molecule has 0 bridgehead atoms. The molecule has 0 aromatic rings. The molecule has 0 saturated carbocycles. The molecule has 0 amide bonds. The van der Waals surface area contributed by atoms with Gasteiger partial charge in [0.1, 0.15) is 13.2 Å². The van der Waals surface area contributed by atoms with Crippen LogP contribution < -0.4 is 0 Å². The van der Waals surface area contributed by atoms with E-state index >= 15 is 0 Å². The molecule has 152 valence electrons. The number of quaternary nitrogens is 1. The third-order valence-electron chi connectivity index (χ3n) is 4.15. The van der Waals surface area contributed by atoms with Crippen molar-refractivity contribution < 1.29 is 24.5 Å². The molecule has 0 aliphatic rings. The van der Waals surface area contributed by atoms with Crippen LogP contribution in [0.1, 0.15) is 91.4 Å². The Morgan fingerprint density at radius 3 is 1.72 bits per heavy atom. The summed E-state index contributed by atoms with van der Waals surface area (Å²) < 4.78 is 5.51. The van der Waals surface area contributed by atoms with E-state index in [1.54, 1.807) is 13.8 Å². The van der Waals surface area contributed by atoms with E-state index in [-0.39, 0.29) is 19.6 Å². The molecule has 25 heavy (non-hydrogen) atoms. The third-order valence-corrected chi connectivity index (χ3v) is 4.15. The van der Waals surface area contributed by atoms with Crippen molar-refractivity contribution in [2.24, 2.45) is 0 Å². The number of rotatable bonds is 19. The maximum absolute atomic E-state index is 12.1. The molecular weight excluding hydrogens is 322 g/mol. The minimum atomic E-state index is -1.48. The number of nitrogens with zero attached hydrogens (tertiary/aromatic N) is 1. The first-order valence-electron chi connectivity index (χ1n) is 10.2. The number of aliphatic hydroxyl groups is 1. The molecule has 0 fully saturated rings. The molecule has 0 spiro atoms. The van der Waals surface area contributed by atoms with Crippen LogP contribution in [0.25, 0.3) is 0 Å². The highest BCUT2D eigenvalue weighted by Gasteiger charge is 2.31. The van der Waals surface area contributed by atoms with Gasteiger partial charge in [-0.05, 0) is 25.2 Å². The first-order valence-corrected chi connectivity index (χ1v) is 10.2. The number of hydroxylamine groups is 3. The Bertz CT molecular complexity index is 273. The van der Waals surface area contributed by atoms with Crippen molar-refractivity contribution in [3.63, 3.8) is 0 Å². The second kappa shape index (κ2) is 17.2. The van der Waals surface area contributed by atoms with E-state index in [0.717, 1.165) is 6.42 Å². The summed E-state index contributed by atoms with van der Waals surface area (Å²) in [6.07, 6.45) is 11.8. The summed E-state index contributed by atoms with van der Waals surface area (Å²) in [6.45, 7) is 7.00. The summed E-state index contributed by atoms with van der Waals surface area (Å²) >= 11 is 0. The fourth-order valence-corrected chi connectivity index (χ4v) is 2.71. The van der Waals surface area contributed by atoms with Crippen LogP contribution in [0.2, 0.25) is 0 Å². The van der Waals surface area contributed by atoms with Crippen molar-refractivity contribution in [2.45, 2.75) is 97.6 Å². The van der Waals surface area contributed by atoms with Crippen molar-refractivity contribution >= 4 is 0 Å². The molecule has 0 saturated heterocycles. The average Bonchev–Trinajstić information content (AvgIpc) is 2.59. The summed E-state index contributed by atoms with van der Waals surface area (Å²) in [7, 11) is 0. The highest BCUT2D eigenvalue weighted by Crippen LogP contribution is 2.16. The summed E-state index contributed by atoms with van der Waals surface area (Å²) in [5.41, 5.74) is 0. The maximum Gasteiger partial charge on any atom is 0.255 e. The molecule has 1 unspecified atom stereocenters. The van der Waals surface area contributed by atoms with Crippen LogP contribution in [-0.2, 0) is 14.4 Å². The van der Waals surface area contributed by atoms with Gasteiger partial charge in [-0.15, -0.1) is 0 Å². The number of unbranched alkanes of at least 4 members (excludes halogenated alkanes) is 9. The maximum atomic E-state index is 12.1. The Morgan fingerprint density at radius 2 is 1.24 bits per heavy atom. The number of hydrogen-bond acceptors (Lipinski definition) is 5. The second-order valence-electron chi connectivity index (χ2n) is 6.44. The van der Waals surface area contributed by atoms with E-state index < -0.39 is 11.2 Å². The minimum absolute atomic E-state index is 0.181. The number of aliphatic hydroxyl groups excluding tert-OH is 1. The standard InChI is InChI=1S/C19H41NO5/c1-4-7-8-9-10-11-12-13-14-15-17-23-18-16-19(21)20(22,24-5-2)25-6-3/h19,21H,4-18H2,1-3H3. The van der Waals surface area contributed by atoms with Gasteiger partial charge in [0.2, 0.25) is 0 Å². The number of hydrogen-bond donors (Lipinski definition) is 1. The lowest BCUT2D eigenvalue weighted by Gasteiger charge is -2.37. The zero-order valence-electron chi connectivity index (χ0n) is 16.7. The van der Waals surface area contributed by atoms with Crippen LogP contribution in [0.3, 0.4) is 0 Å². The van der Waals surface area contributed by atoms with E-state index in [2.05, 4.69) is 6.92 Å². The SMILES string of the molecule is CCCCCCCCCCCCOCCC(O)[N+]([O-])(OCC)OCC. The van der Waals surface area contributed by atoms with Gasteiger partial charge < -0.3 is 15.1 Å². The second-order valence-corrected chi connectivity index (χ2v) is 6.44. The van der Waals surface area contributed by atoms with Crippen LogP contribution in [0.5, 0.6) is 0 Å². The Balaban J connectivity index is 3.48. The van der Waals surface area contributed by atoms with Gasteiger partial charge in [-0.2, -0.15) is 9.68 Å². The molecule has 0 aliphatic heterocycles. The van der Waals surface area contributed by atoms with Crippen LogP contribution in [0.15, 0.2) is 0 Å². The van der Waals surface area contributed by atoms with E-state index in [1.807, 2.05) is 0 Å². The Hall–Kier alpha value is -0.240. The largest absolute Gasteiger partial charge is 0.562 e. The molecule has 0 rings (SSSR count). The normalized spacial score (nSPS) is 13.3. The van der Waals surface area contributed by atoms with E-state index in [1.165, 1.54) is 57.8 Å². The molecule has 0 heterocycles. The predicted molar refractivity (Wildman–Crippen MR) is 100 cm³/mol. The highest BCUT2D eigenvalue weighted by atomic mass is 17.2.